The normalized spacial score (nSPS) is 17.0. The number of benzene rings is 10. The average molecular weight is 905 g/mol. The summed E-state index contributed by atoms with van der Waals surface area (Å²) in [4.78, 5) is 15.6. The molecule has 3 N–H and O–H groups in total. The Morgan fingerprint density at radius 2 is 1.00 bits per heavy atom. The molecule has 11 aromatic rings. The van der Waals surface area contributed by atoms with Crippen molar-refractivity contribution in [3.05, 3.63) is 264 Å². The van der Waals surface area contributed by atoms with Gasteiger partial charge in [-0.25, -0.2) is 15.0 Å². The van der Waals surface area contributed by atoms with Crippen molar-refractivity contribution in [2.45, 2.75) is 18.5 Å². The van der Waals surface area contributed by atoms with E-state index in [0.717, 1.165) is 56.5 Å². The van der Waals surface area contributed by atoms with Gasteiger partial charge in [0.2, 0.25) is 0 Å². The molecule has 0 spiro atoms. The Hall–Kier alpha value is -8.49. The van der Waals surface area contributed by atoms with E-state index in [1.165, 1.54) is 58.4 Å². The summed E-state index contributed by atoms with van der Waals surface area (Å²) in [5, 5.41) is 18.6. The van der Waals surface area contributed by atoms with E-state index in [1.54, 1.807) is 0 Å². The molecule has 0 amide bonds. The monoisotopic (exact) mass is 904 g/mol. The van der Waals surface area contributed by atoms with Crippen LogP contribution in [0.4, 0.5) is 0 Å². The molecule has 2 aliphatic rings. The van der Waals surface area contributed by atoms with E-state index in [0.29, 0.717) is 0 Å². The Morgan fingerprint density at radius 1 is 0.391 bits per heavy atom. The highest BCUT2D eigenvalue weighted by Gasteiger charge is 2.28. The molecular formula is C62H44N6S. The molecule has 0 radical (unpaired) electrons. The standard InChI is InChI=1S/C62H44N6S/c1-3-17-42(18-4-1)57-63-58(43-19-5-2-6-20-43)65-59(64-57)44-32-30-41(31-33-44)51-36-35-50(55-53-26-11-12-28-54(53)69-56(51)55)46-23-13-24-47(38-46)60-66-61(48-34-29-39-15-7-8-21-45(39)37-48)68-62(67-60)52-27-14-22-40-16-9-10-25-49(40)52/h1-38,57,60,62,67H,(H,66,68)(H,63,64,65). The minimum absolute atomic E-state index is 0.188. The molecule has 0 saturated heterocycles. The fourth-order valence-corrected chi connectivity index (χ4v) is 11.2. The molecule has 1 aromatic heterocycles. The van der Waals surface area contributed by atoms with Crippen LogP contribution in [0.5, 0.6) is 0 Å². The molecule has 6 nitrogen and oxygen atoms in total. The molecule has 69 heavy (non-hydrogen) atoms. The van der Waals surface area contributed by atoms with Crippen LogP contribution in [0.3, 0.4) is 0 Å². The topological polar surface area (TPSA) is 73.2 Å². The average Bonchev–Trinajstić information content (AvgIpc) is 3.83. The number of hydrogen-bond acceptors (Lipinski definition) is 7. The van der Waals surface area contributed by atoms with E-state index in [-0.39, 0.29) is 18.5 Å². The number of hydrogen-bond donors (Lipinski definition) is 3. The fourth-order valence-electron chi connectivity index (χ4n) is 9.97. The van der Waals surface area contributed by atoms with E-state index in [4.69, 9.17) is 15.0 Å². The summed E-state index contributed by atoms with van der Waals surface area (Å²) in [6, 6.07) is 82.0. The number of thiophene rings is 1. The van der Waals surface area contributed by atoms with Gasteiger partial charge in [-0.15, -0.1) is 11.3 Å². The minimum atomic E-state index is -0.351. The van der Waals surface area contributed by atoms with Gasteiger partial charge in [-0.05, 0) is 78.7 Å². The summed E-state index contributed by atoms with van der Waals surface area (Å²) in [6.45, 7) is 0. The second kappa shape index (κ2) is 17.3. The third-order valence-electron chi connectivity index (χ3n) is 13.4. The van der Waals surface area contributed by atoms with E-state index in [9.17, 15) is 0 Å². The third-order valence-corrected chi connectivity index (χ3v) is 14.6. The Morgan fingerprint density at radius 3 is 1.83 bits per heavy atom. The molecule has 328 valence electrons. The molecule has 0 aliphatic carbocycles. The maximum Gasteiger partial charge on any atom is 0.169 e. The zero-order chi connectivity index (χ0) is 45.7. The smallest absolute Gasteiger partial charge is 0.169 e. The zero-order valence-corrected chi connectivity index (χ0v) is 38.2. The lowest BCUT2D eigenvalue weighted by atomic mass is 9.93. The summed E-state index contributed by atoms with van der Waals surface area (Å²) in [5.41, 5.74) is 11.1. The quantitative estimate of drug-likeness (QED) is 0.142. The van der Waals surface area contributed by atoms with Gasteiger partial charge in [0.05, 0.1) is 0 Å². The maximum atomic E-state index is 5.43. The van der Waals surface area contributed by atoms with Crippen LogP contribution in [0, 0.1) is 0 Å². The van der Waals surface area contributed by atoms with Gasteiger partial charge in [-0.1, -0.05) is 212 Å². The molecule has 3 atom stereocenters. The fraction of sp³-hybridized carbons (Fsp3) is 0.0484. The first-order valence-corrected chi connectivity index (χ1v) is 24.2. The number of nitrogens with one attached hydrogen (secondary N) is 3. The van der Waals surface area contributed by atoms with Gasteiger partial charge in [0, 0.05) is 36.9 Å². The second-order valence-electron chi connectivity index (χ2n) is 17.7. The van der Waals surface area contributed by atoms with Crippen molar-refractivity contribution >= 4 is 70.6 Å². The Balaban J connectivity index is 0.876. The van der Waals surface area contributed by atoms with Gasteiger partial charge in [-0.2, -0.15) is 0 Å². The van der Waals surface area contributed by atoms with Gasteiger partial charge in [-0.3, -0.25) is 5.32 Å². The number of aliphatic imine (C=N–C) groups is 3. The van der Waals surface area contributed by atoms with E-state index in [1.807, 2.05) is 47.7 Å². The van der Waals surface area contributed by atoms with Crippen molar-refractivity contribution in [2.24, 2.45) is 15.0 Å². The van der Waals surface area contributed by atoms with Crippen molar-refractivity contribution in [3.63, 3.8) is 0 Å². The first-order chi connectivity index (χ1) is 34.2. The minimum Gasteiger partial charge on any atom is -0.350 e. The van der Waals surface area contributed by atoms with Crippen LogP contribution in [-0.4, -0.2) is 17.5 Å². The molecular weight excluding hydrogens is 861 g/mol. The number of nitrogens with zero attached hydrogens (tertiary/aromatic N) is 3. The summed E-state index contributed by atoms with van der Waals surface area (Å²) in [6.07, 6.45) is -0.853. The zero-order valence-electron chi connectivity index (χ0n) is 37.4. The van der Waals surface area contributed by atoms with E-state index >= 15 is 0 Å². The van der Waals surface area contributed by atoms with Crippen LogP contribution in [0.25, 0.3) is 64.0 Å². The predicted octanol–water partition coefficient (Wildman–Crippen LogP) is 14.5. The van der Waals surface area contributed by atoms with Crippen molar-refractivity contribution < 1.29 is 0 Å². The molecule has 7 heteroatoms. The van der Waals surface area contributed by atoms with Crippen molar-refractivity contribution in [2.75, 3.05) is 0 Å². The number of fused-ring (bicyclic) bond motifs is 5. The SMILES string of the molecule is c1ccc(C2=NC(c3ccccc3)N=C(c3ccc(-c4ccc(-c5cccc(C6N=C(c7ccc8ccccc8c7)NC(c7cccc8ccccc78)N6)c5)c5c4sc4ccccc45)cc3)N2)cc1. The molecule has 0 fully saturated rings. The molecule has 0 saturated carbocycles. The largest absolute Gasteiger partial charge is 0.350 e. The van der Waals surface area contributed by atoms with Gasteiger partial charge in [0.1, 0.15) is 29.8 Å². The summed E-state index contributed by atoms with van der Waals surface area (Å²) in [7, 11) is 0. The van der Waals surface area contributed by atoms with Crippen LogP contribution in [0.2, 0.25) is 0 Å². The first kappa shape index (κ1) is 40.8. The molecule has 3 heterocycles. The van der Waals surface area contributed by atoms with Gasteiger partial charge in [0.15, 0.2) is 6.17 Å². The van der Waals surface area contributed by atoms with E-state index < -0.39 is 0 Å². The van der Waals surface area contributed by atoms with Crippen molar-refractivity contribution in [1.29, 1.82) is 0 Å². The Bertz CT molecular complexity index is 3830. The molecule has 10 aromatic carbocycles. The van der Waals surface area contributed by atoms with Gasteiger partial charge >= 0.3 is 0 Å². The first-order valence-electron chi connectivity index (χ1n) is 23.4. The van der Waals surface area contributed by atoms with Crippen LogP contribution in [-0.2, 0) is 0 Å². The highest BCUT2D eigenvalue weighted by atomic mass is 32.1. The van der Waals surface area contributed by atoms with Gasteiger partial charge in [0.25, 0.3) is 0 Å². The van der Waals surface area contributed by atoms with Crippen molar-refractivity contribution in [1.82, 2.24) is 16.0 Å². The summed E-state index contributed by atoms with van der Waals surface area (Å²) < 4.78 is 2.52. The Labute approximate surface area is 404 Å². The highest BCUT2D eigenvalue weighted by molar-refractivity contribution is 7.26. The predicted molar refractivity (Wildman–Crippen MR) is 288 cm³/mol. The second-order valence-corrected chi connectivity index (χ2v) is 18.7. The molecule has 3 unspecified atom stereocenters. The highest BCUT2D eigenvalue weighted by Crippen LogP contribution is 2.45. The molecule has 13 rings (SSSR count). The molecule has 0 bridgehead atoms. The van der Waals surface area contributed by atoms with Crippen LogP contribution in [0.1, 0.15) is 51.9 Å². The third kappa shape index (κ3) is 7.64. The van der Waals surface area contributed by atoms with Gasteiger partial charge < -0.3 is 10.6 Å². The number of rotatable bonds is 8. The Kier molecular flexibility index (Phi) is 10.2. The van der Waals surface area contributed by atoms with Crippen LogP contribution < -0.4 is 16.0 Å². The van der Waals surface area contributed by atoms with E-state index in [2.05, 4.69) is 210 Å². The summed E-state index contributed by atoms with van der Waals surface area (Å²) >= 11 is 1.86. The lowest BCUT2D eigenvalue weighted by Crippen LogP contribution is -2.45. The lowest BCUT2D eigenvalue weighted by molar-refractivity contribution is 0.411. The summed E-state index contributed by atoms with van der Waals surface area (Å²) in [5.74, 6) is 2.47. The van der Waals surface area contributed by atoms with Crippen LogP contribution in [0.15, 0.2) is 245 Å². The van der Waals surface area contributed by atoms with Crippen molar-refractivity contribution in [3.8, 4) is 22.3 Å². The maximum absolute atomic E-state index is 5.43. The lowest BCUT2D eigenvalue weighted by Gasteiger charge is -2.33. The molecule has 2 aliphatic heterocycles. The van der Waals surface area contributed by atoms with Crippen LogP contribution >= 0.6 is 11.3 Å². The number of amidine groups is 3.